The molecular formula is C28H38N4. The van der Waals surface area contributed by atoms with Gasteiger partial charge in [-0.05, 0) is 37.8 Å². The number of unbranched alkanes of at least 4 members (excludes halogenated alkanes) is 4. The maximum absolute atomic E-state index is 4.73. The van der Waals surface area contributed by atoms with Gasteiger partial charge in [-0.3, -0.25) is 0 Å². The predicted molar refractivity (Wildman–Crippen MR) is 135 cm³/mol. The number of fused-ring (bicyclic) bond motifs is 5. The fourth-order valence-corrected chi connectivity index (χ4v) is 4.81. The van der Waals surface area contributed by atoms with E-state index < -0.39 is 0 Å². The molecule has 170 valence electrons. The lowest BCUT2D eigenvalue weighted by molar-refractivity contribution is 0.492. The van der Waals surface area contributed by atoms with E-state index in [9.17, 15) is 0 Å². The Kier molecular flexibility index (Phi) is 7.29. The van der Waals surface area contributed by atoms with Gasteiger partial charge in [0.2, 0.25) is 0 Å². The molecule has 1 aromatic heterocycles. The maximum atomic E-state index is 4.73. The number of aryl methyl sites for hydroxylation is 1. The summed E-state index contributed by atoms with van der Waals surface area (Å²) in [5.41, 5.74) is 7.23. The maximum Gasteiger partial charge on any atom is 0.123 e. The smallest absolute Gasteiger partial charge is 0.123 e. The first-order valence-electron chi connectivity index (χ1n) is 12.4. The molecule has 0 fully saturated rings. The van der Waals surface area contributed by atoms with Gasteiger partial charge in [-0.1, -0.05) is 93.6 Å². The summed E-state index contributed by atoms with van der Waals surface area (Å²) in [6.45, 7) is 11.0. The molecule has 4 nitrogen and oxygen atoms in total. The van der Waals surface area contributed by atoms with Crippen LogP contribution in [-0.2, 0) is 13.1 Å². The monoisotopic (exact) mass is 430 g/mol. The van der Waals surface area contributed by atoms with Crippen molar-refractivity contribution < 1.29 is 0 Å². The minimum atomic E-state index is 0.400. The van der Waals surface area contributed by atoms with Crippen molar-refractivity contribution >= 4 is 5.69 Å². The molecule has 4 heteroatoms. The van der Waals surface area contributed by atoms with Crippen LogP contribution in [0.2, 0.25) is 0 Å². The highest BCUT2D eigenvalue weighted by Gasteiger charge is 2.27. The summed E-state index contributed by atoms with van der Waals surface area (Å²) in [7, 11) is 0. The molecule has 2 heterocycles. The lowest BCUT2D eigenvalue weighted by atomic mass is 9.95. The van der Waals surface area contributed by atoms with E-state index in [-0.39, 0.29) is 0 Å². The molecule has 1 aliphatic heterocycles. The summed E-state index contributed by atoms with van der Waals surface area (Å²) in [6.07, 6.45) is 7.76. The molecule has 0 aliphatic carbocycles. The molecule has 0 saturated carbocycles. The highest BCUT2D eigenvalue weighted by Crippen LogP contribution is 2.41. The van der Waals surface area contributed by atoms with E-state index in [1.807, 2.05) is 0 Å². The Labute approximate surface area is 193 Å². The van der Waals surface area contributed by atoms with Crippen LogP contribution in [0.25, 0.3) is 22.5 Å². The van der Waals surface area contributed by atoms with Crippen molar-refractivity contribution in [2.24, 2.45) is 5.92 Å². The van der Waals surface area contributed by atoms with E-state index in [0.29, 0.717) is 6.04 Å². The van der Waals surface area contributed by atoms with Crippen LogP contribution in [0.4, 0.5) is 5.69 Å². The zero-order chi connectivity index (χ0) is 22.5. The fraction of sp³-hybridized carbons (Fsp3) is 0.500. The summed E-state index contributed by atoms with van der Waals surface area (Å²) in [5.74, 6) is 0.819. The summed E-state index contributed by atoms with van der Waals surface area (Å²) in [4.78, 5) is 2.48. The van der Waals surface area contributed by atoms with E-state index in [1.54, 1.807) is 0 Å². The van der Waals surface area contributed by atoms with Gasteiger partial charge in [-0.25, -0.2) is 4.68 Å². The van der Waals surface area contributed by atoms with Gasteiger partial charge in [-0.2, -0.15) is 0 Å². The second kappa shape index (κ2) is 10.3. The normalized spacial score (nSPS) is 13.0. The van der Waals surface area contributed by atoms with Gasteiger partial charge >= 0.3 is 0 Å². The molecule has 1 aliphatic rings. The molecule has 3 aromatic rings. The van der Waals surface area contributed by atoms with Gasteiger partial charge in [0.15, 0.2) is 0 Å². The average molecular weight is 431 g/mol. The highest BCUT2D eigenvalue weighted by molar-refractivity contribution is 5.88. The standard InChI is InChI=1S/C28H38N4/c1-21(2)14-8-6-5-7-13-19-32-28-24-16-10-9-15-23(24)20-31(22(3)4)26-18-12-11-17-25(26)27(28)29-30-32/h9-12,15-18,21-22H,5-8,13-14,19-20H2,1-4H3. The average Bonchev–Trinajstić information content (AvgIpc) is 3.18. The Morgan fingerprint density at radius 2 is 1.50 bits per heavy atom. The topological polar surface area (TPSA) is 34.0 Å². The highest BCUT2D eigenvalue weighted by atomic mass is 15.4. The number of hydrogen-bond donors (Lipinski definition) is 0. The molecule has 0 spiro atoms. The van der Waals surface area contributed by atoms with Gasteiger partial charge in [-0.15, -0.1) is 5.10 Å². The molecular weight excluding hydrogens is 392 g/mol. The van der Waals surface area contributed by atoms with Crippen molar-refractivity contribution in [3.05, 3.63) is 54.1 Å². The van der Waals surface area contributed by atoms with Crippen LogP contribution in [0.15, 0.2) is 48.5 Å². The van der Waals surface area contributed by atoms with E-state index in [2.05, 4.69) is 91.0 Å². The molecule has 2 aromatic carbocycles. The molecule has 0 bridgehead atoms. The van der Waals surface area contributed by atoms with Crippen molar-refractivity contribution in [1.82, 2.24) is 15.0 Å². The minimum absolute atomic E-state index is 0.400. The first-order chi connectivity index (χ1) is 15.6. The Hall–Kier alpha value is -2.62. The van der Waals surface area contributed by atoms with Gasteiger partial charge in [0, 0.05) is 35.9 Å². The van der Waals surface area contributed by atoms with Crippen molar-refractivity contribution in [2.45, 2.75) is 85.4 Å². The number of benzene rings is 2. The summed E-state index contributed by atoms with van der Waals surface area (Å²) < 4.78 is 2.16. The third-order valence-corrected chi connectivity index (χ3v) is 6.59. The molecule has 0 amide bonds. The number of nitrogens with zero attached hydrogens (tertiary/aromatic N) is 4. The van der Waals surface area contributed by atoms with Crippen molar-refractivity contribution in [2.75, 3.05) is 4.90 Å². The lowest BCUT2D eigenvalue weighted by Gasteiger charge is -2.33. The molecule has 0 saturated heterocycles. The quantitative estimate of drug-likeness (QED) is 0.333. The third kappa shape index (κ3) is 4.90. The number of rotatable bonds is 9. The summed E-state index contributed by atoms with van der Waals surface area (Å²) >= 11 is 0. The second-order valence-electron chi connectivity index (χ2n) is 9.86. The lowest BCUT2D eigenvalue weighted by Crippen LogP contribution is -2.31. The molecule has 0 N–H and O–H groups in total. The Morgan fingerprint density at radius 3 is 2.28 bits per heavy atom. The first kappa shape index (κ1) is 22.6. The second-order valence-corrected chi connectivity index (χ2v) is 9.86. The minimum Gasteiger partial charge on any atom is -0.364 e. The van der Waals surface area contributed by atoms with Gasteiger partial charge in [0.05, 0.1) is 5.69 Å². The number of hydrogen-bond acceptors (Lipinski definition) is 3. The van der Waals surface area contributed by atoms with Gasteiger partial charge in [0.1, 0.15) is 5.69 Å². The Morgan fingerprint density at radius 1 is 0.812 bits per heavy atom. The van der Waals surface area contributed by atoms with Crippen LogP contribution in [0.5, 0.6) is 0 Å². The molecule has 0 unspecified atom stereocenters. The summed E-state index contributed by atoms with van der Waals surface area (Å²) in [6, 6.07) is 17.9. The van der Waals surface area contributed by atoms with Crippen molar-refractivity contribution in [3.63, 3.8) is 0 Å². The predicted octanol–water partition coefficient (Wildman–Crippen LogP) is 7.34. The number of para-hydroxylation sites is 1. The fourth-order valence-electron chi connectivity index (χ4n) is 4.81. The van der Waals surface area contributed by atoms with Crippen LogP contribution < -0.4 is 4.90 Å². The van der Waals surface area contributed by atoms with Crippen LogP contribution in [0.3, 0.4) is 0 Å². The Bertz CT molecular complexity index is 1020. The SMILES string of the molecule is CC(C)CCCCCCCn1nnc2c1-c1ccccc1CN(C(C)C)c1ccccc1-2. The zero-order valence-electron chi connectivity index (χ0n) is 20.2. The van der Waals surface area contributed by atoms with Crippen LogP contribution in [-0.4, -0.2) is 21.0 Å². The third-order valence-electron chi connectivity index (χ3n) is 6.59. The van der Waals surface area contributed by atoms with E-state index in [4.69, 9.17) is 5.10 Å². The van der Waals surface area contributed by atoms with E-state index in [1.165, 1.54) is 60.2 Å². The molecule has 0 radical (unpaired) electrons. The van der Waals surface area contributed by atoms with E-state index >= 15 is 0 Å². The first-order valence-corrected chi connectivity index (χ1v) is 12.4. The molecule has 32 heavy (non-hydrogen) atoms. The van der Waals surface area contributed by atoms with Crippen molar-refractivity contribution in [1.29, 1.82) is 0 Å². The molecule has 0 atom stereocenters. The summed E-state index contributed by atoms with van der Waals surface area (Å²) in [5, 5.41) is 9.38. The van der Waals surface area contributed by atoms with Gasteiger partial charge < -0.3 is 4.90 Å². The van der Waals surface area contributed by atoms with Crippen LogP contribution in [0, 0.1) is 5.92 Å². The van der Waals surface area contributed by atoms with Crippen LogP contribution >= 0.6 is 0 Å². The largest absolute Gasteiger partial charge is 0.364 e. The number of anilines is 1. The van der Waals surface area contributed by atoms with Gasteiger partial charge in [0.25, 0.3) is 0 Å². The van der Waals surface area contributed by atoms with Crippen molar-refractivity contribution in [3.8, 4) is 22.5 Å². The Balaban J connectivity index is 1.61. The van der Waals surface area contributed by atoms with E-state index in [0.717, 1.165) is 31.1 Å². The van der Waals surface area contributed by atoms with Crippen LogP contribution in [0.1, 0.15) is 71.8 Å². The zero-order valence-corrected chi connectivity index (χ0v) is 20.2. The molecule has 4 rings (SSSR count). The number of aromatic nitrogens is 3.